The molecule has 0 radical (unpaired) electrons. The van der Waals surface area contributed by atoms with Crippen LogP contribution >= 0.6 is 0 Å². The van der Waals surface area contributed by atoms with Gasteiger partial charge in [-0.1, -0.05) is 6.92 Å². The van der Waals surface area contributed by atoms with Crippen LogP contribution in [0.25, 0.3) is 0 Å². The molecule has 0 saturated heterocycles. The lowest BCUT2D eigenvalue weighted by atomic mass is 10.1. The van der Waals surface area contributed by atoms with Gasteiger partial charge >= 0.3 is 11.7 Å². The summed E-state index contributed by atoms with van der Waals surface area (Å²) in [6.45, 7) is 1.87. The molecule has 0 N–H and O–H groups in total. The first-order chi connectivity index (χ1) is 9.76. The van der Waals surface area contributed by atoms with Crippen LogP contribution < -0.4 is 16.1 Å². The standard InChI is InChI=1S/C13H18N4O4/c1-8(12(19)21-5)7-15(2)10-9(6-14)11(18)17(4)13(20)16(10)3/h8H,7H2,1-5H3. The summed E-state index contributed by atoms with van der Waals surface area (Å²) in [7, 11) is 5.67. The maximum atomic E-state index is 12.0. The number of aromatic nitrogens is 2. The molecule has 0 aromatic carbocycles. The topological polar surface area (TPSA) is 97.3 Å². The number of carbonyl (C=O) groups is 1. The van der Waals surface area contributed by atoms with Crippen LogP contribution in [0.1, 0.15) is 12.5 Å². The highest BCUT2D eigenvalue weighted by Gasteiger charge is 2.22. The van der Waals surface area contributed by atoms with Gasteiger partial charge in [0, 0.05) is 27.7 Å². The molecular formula is C13H18N4O4. The molecule has 0 aliphatic heterocycles. The molecule has 0 bridgehead atoms. The molecule has 21 heavy (non-hydrogen) atoms. The second-order valence-corrected chi connectivity index (χ2v) is 4.82. The number of hydrogen-bond acceptors (Lipinski definition) is 6. The van der Waals surface area contributed by atoms with Gasteiger partial charge < -0.3 is 9.64 Å². The first-order valence-electron chi connectivity index (χ1n) is 6.25. The second-order valence-electron chi connectivity index (χ2n) is 4.82. The lowest BCUT2D eigenvalue weighted by Crippen LogP contribution is -2.43. The summed E-state index contributed by atoms with van der Waals surface area (Å²) in [6.07, 6.45) is 0. The molecule has 0 fully saturated rings. The van der Waals surface area contributed by atoms with Crippen LogP contribution in [0.15, 0.2) is 9.59 Å². The van der Waals surface area contributed by atoms with E-state index in [-0.39, 0.29) is 17.9 Å². The van der Waals surface area contributed by atoms with Gasteiger partial charge in [0.2, 0.25) is 0 Å². The lowest BCUT2D eigenvalue weighted by Gasteiger charge is -2.25. The zero-order valence-corrected chi connectivity index (χ0v) is 12.7. The van der Waals surface area contributed by atoms with E-state index in [9.17, 15) is 19.6 Å². The number of carbonyl (C=O) groups excluding carboxylic acids is 1. The van der Waals surface area contributed by atoms with E-state index in [0.29, 0.717) is 0 Å². The van der Waals surface area contributed by atoms with Crippen LogP contribution in [0.2, 0.25) is 0 Å². The van der Waals surface area contributed by atoms with E-state index < -0.39 is 23.1 Å². The maximum absolute atomic E-state index is 12.0. The third-order valence-electron chi connectivity index (χ3n) is 3.26. The van der Waals surface area contributed by atoms with Crippen molar-refractivity contribution in [1.29, 1.82) is 5.26 Å². The quantitative estimate of drug-likeness (QED) is 0.674. The van der Waals surface area contributed by atoms with Crippen LogP contribution in [0.5, 0.6) is 0 Å². The fraction of sp³-hybridized carbons (Fsp3) is 0.538. The third kappa shape index (κ3) is 2.97. The zero-order valence-electron chi connectivity index (χ0n) is 12.7. The Bertz CT molecular complexity index is 711. The predicted octanol–water partition coefficient (Wildman–Crippen LogP) is -0.799. The number of anilines is 1. The van der Waals surface area contributed by atoms with Crippen LogP contribution in [-0.2, 0) is 23.6 Å². The first kappa shape index (κ1) is 16.5. The Hall–Kier alpha value is -2.56. The third-order valence-corrected chi connectivity index (χ3v) is 3.26. The SMILES string of the molecule is COC(=O)C(C)CN(C)c1c(C#N)c(=O)n(C)c(=O)n1C. The highest BCUT2D eigenvalue weighted by molar-refractivity contribution is 5.72. The number of nitrogens with zero attached hydrogens (tertiary/aromatic N) is 4. The number of hydrogen-bond donors (Lipinski definition) is 0. The monoisotopic (exact) mass is 294 g/mol. The van der Waals surface area contributed by atoms with E-state index in [1.54, 1.807) is 14.0 Å². The average molecular weight is 294 g/mol. The molecule has 1 aromatic rings. The number of nitriles is 1. The van der Waals surface area contributed by atoms with Gasteiger partial charge in [-0.2, -0.15) is 5.26 Å². The molecule has 0 aliphatic rings. The first-order valence-corrected chi connectivity index (χ1v) is 6.25. The van der Waals surface area contributed by atoms with Gasteiger partial charge in [0.15, 0.2) is 5.56 Å². The predicted molar refractivity (Wildman–Crippen MR) is 76.1 cm³/mol. The zero-order chi connectivity index (χ0) is 16.3. The summed E-state index contributed by atoms with van der Waals surface area (Å²) in [5, 5.41) is 9.18. The minimum Gasteiger partial charge on any atom is -0.469 e. The summed E-state index contributed by atoms with van der Waals surface area (Å²) < 4.78 is 6.72. The molecule has 114 valence electrons. The van der Waals surface area contributed by atoms with E-state index in [2.05, 4.69) is 4.74 Å². The summed E-state index contributed by atoms with van der Waals surface area (Å²) in [5.41, 5.74) is -1.33. The van der Waals surface area contributed by atoms with Crippen molar-refractivity contribution >= 4 is 11.8 Å². The molecular weight excluding hydrogens is 276 g/mol. The van der Waals surface area contributed by atoms with Crippen LogP contribution in [0.3, 0.4) is 0 Å². The number of rotatable bonds is 4. The van der Waals surface area contributed by atoms with Crippen molar-refractivity contribution in [2.75, 3.05) is 25.6 Å². The summed E-state index contributed by atoms with van der Waals surface area (Å²) >= 11 is 0. The van der Waals surface area contributed by atoms with Gasteiger partial charge in [-0.15, -0.1) is 0 Å². The molecule has 1 aromatic heterocycles. The molecule has 1 unspecified atom stereocenters. The van der Waals surface area contributed by atoms with Crippen LogP contribution in [0.4, 0.5) is 5.82 Å². The molecule has 0 saturated carbocycles. The van der Waals surface area contributed by atoms with Gasteiger partial charge in [0.05, 0.1) is 13.0 Å². The molecule has 0 amide bonds. The van der Waals surface area contributed by atoms with Crippen molar-refractivity contribution in [3.05, 3.63) is 26.4 Å². The van der Waals surface area contributed by atoms with Crippen molar-refractivity contribution in [3.63, 3.8) is 0 Å². The summed E-state index contributed by atoms with van der Waals surface area (Å²) in [6, 6.07) is 1.82. The Morgan fingerprint density at radius 1 is 1.38 bits per heavy atom. The van der Waals surface area contributed by atoms with E-state index in [0.717, 1.165) is 4.57 Å². The second kappa shape index (κ2) is 6.26. The molecule has 8 nitrogen and oxygen atoms in total. The minimum atomic E-state index is -0.659. The van der Waals surface area contributed by atoms with Gasteiger partial charge in [-0.3, -0.25) is 18.7 Å². The fourth-order valence-electron chi connectivity index (χ4n) is 2.15. The lowest BCUT2D eigenvalue weighted by molar-refractivity contribution is -0.144. The van der Waals surface area contributed by atoms with E-state index in [4.69, 9.17) is 0 Å². The molecule has 8 heteroatoms. The van der Waals surface area contributed by atoms with Crippen LogP contribution in [0, 0.1) is 17.2 Å². The molecule has 1 heterocycles. The largest absolute Gasteiger partial charge is 0.469 e. The Morgan fingerprint density at radius 3 is 2.43 bits per heavy atom. The average Bonchev–Trinajstić information content (AvgIpc) is 2.47. The van der Waals surface area contributed by atoms with E-state index in [1.807, 2.05) is 6.07 Å². The van der Waals surface area contributed by atoms with Crippen molar-refractivity contribution in [3.8, 4) is 6.07 Å². The molecule has 0 aliphatic carbocycles. The highest BCUT2D eigenvalue weighted by atomic mass is 16.5. The summed E-state index contributed by atoms with van der Waals surface area (Å²) in [5.74, 6) is -0.693. The normalized spacial score (nSPS) is 11.6. The Morgan fingerprint density at radius 2 is 1.95 bits per heavy atom. The van der Waals surface area contributed by atoms with E-state index >= 15 is 0 Å². The summed E-state index contributed by atoms with van der Waals surface area (Å²) in [4.78, 5) is 36.9. The van der Waals surface area contributed by atoms with Crippen molar-refractivity contribution in [2.24, 2.45) is 20.0 Å². The Labute approximate surface area is 121 Å². The van der Waals surface area contributed by atoms with Gasteiger partial charge in [0.25, 0.3) is 5.56 Å². The highest BCUT2D eigenvalue weighted by Crippen LogP contribution is 2.14. The van der Waals surface area contributed by atoms with Crippen LogP contribution in [-0.4, -0.2) is 35.8 Å². The maximum Gasteiger partial charge on any atom is 0.332 e. The molecule has 1 rings (SSSR count). The number of esters is 1. The van der Waals surface area contributed by atoms with Gasteiger partial charge in [-0.25, -0.2) is 4.79 Å². The molecule has 1 atom stereocenters. The fourth-order valence-corrected chi connectivity index (χ4v) is 2.15. The number of methoxy groups -OCH3 is 1. The smallest absolute Gasteiger partial charge is 0.332 e. The Kier molecular flexibility index (Phi) is 4.92. The van der Waals surface area contributed by atoms with Crippen molar-refractivity contribution < 1.29 is 9.53 Å². The van der Waals surface area contributed by atoms with Gasteiger partial charge in [0.1, 0.15) is 11.9 Å². The van der Waals surface area contributed by atoms with E-state index in [1.165, 1.54) is 30.7 Å². The number of ether oxygens (including phenoxy) is 1. The van der Waals surface area contributed by atoms with Gasteiger partial charge in [-0.05, 0) is 0 Å². The van der Waals surface area contributed by atoms with Crippen molar-refractivity contribution in [1.82, 2.24) is 9.13 Å². The Balaban J connectivity index is 3.38. The minimum absolute atomic E-state index is 0.140. The molecule has 0 spiro atoms. The van der Waals surface area contributed by atoms with Crippen molar-refractivity contribution in [2.45, 2.75) is 6.92 Å².